The van der Waals surface area contributed by atoms with E-state index in [4.69, 9.17) is 16.3 Å². The molecule has 1 aromatic heterocycles. The van der Waals surface area contributed by atoms with Crippen molar-refractivity contribution in [2.45, 2.75) is 13.1 Å². The molecule has 108 valence electrons. The largest absolute Gasteiger partial charge is 0.383 e. The van der Waals surface area contributed by atoms with E-state index < -0.39 is 0 Å². The van der Waals surface area contributed by atoms with E-state index in [9.17, 15) is 4.39 Å². The fourth-order valence-corrected chi connectivity index (χ4v) is 1.97. The summed E-state index contributed by atoms with van der Waals surface area (Å²) in [7, 11) is 1.67. The average Bonchev–Trinajstić information content (AvgIpc) is 2.86. The van der Waals surface area contributed by atoms with E-state index in [2.05, 4.69) is 10.4 Å². The Morgan fingerprint density at radius 1 is 1.45 bits per heavy atom. The first-order chi connectivity index (χ1) is 9.69. The molecule has 2 aromatic rings. The van der Waals surface area contributed by atoms with Gasteiger partial charge < -0.3 is 10.1 Å². The standard InChI is InChI=1S/C14H17ClFN3O/c1-20-5-4-17-7-11-8-18-19(9-11)10-12-2-3-13(15)6-14(12)16/h2-3,6,8-9,17H,4-5,7,10H2,1H3. The number of hydrogen-bond acceptors (Lipinski definition) is 3. The first-order valence-electron chi connectivity index (χ1n) is 6.34. The lowest BCUT2D eigenvalue weighted by molar-refractivity contribution is 0.199. The first kappa shape index (κ1) is 15.0. The van der Waals surface area contributed by atoms with Gasteiger partial charge in [0.1, 0.15) is 5.82 Å². The summed E-state index contributed by atoms with van der Waals surface area (Å²) in [5, 5.41) is 7.85. The fraction of sp³-hybridized carbons (Fsp3) is 0.357. The van der Waals surface area contributed by atoms with Crippen molar-refractivity contribution in [3.05, 3.63) is 52.6 Å². The van der Waals surface area contributed by atoms with Crippen molar-refractivity contribution in [2.75, 3.05) is 20.3 Å². The van der Waals surface area contributed by atoms with Crippen LogP contribution >= 0.6 is 11.6 Å². The quantitative estimate of drug-likeness (QED) is 0.798. The van der Waals surface area contributed by atoms with Crippen molar-refractivity contribution < 1.29 is 9.13 Å². The number of nitrogens with zero attached hydrogens (tertiary/aromatic N) is 2. The molecule has 1 aromatic carbocycles. The second-order valence-electron chi connectivity index (χ2n) is 4.45. The van der Waals surface area contributed by atoms with Gasteiger partial charge in [0.2, 0.25) is 0 Å². The molecule has 0 bridgehead atoms. The highest BCUT2D eigenvalue weighted by atomic mass is 35.5. The van der Waals surface area contributed by atoms with E-state index in [-0.39, 0.29) is 5.82 Å². The summed E-state index contributed by atoms with van der Waals surface area (Å²) in [4.78, 5) is 0. The molecule has 0 saturated carbocycles. The molecule has 0 amide bonds. The number of aromatic nitrogens is 2. The summed E-state index contributed by atoms with van der Waals surface area (Å²) in [6.45, 7) is 2.56. The number of hydrogen-bond donors (Lipinski definition) is 1. The lowest BCUT2D eigenvalue weighted by Crippen LogP contribution is -2.18. The van der Waals surface area contributed by atoms with Gasteiger partial charge in [-0.2, -0.15) is 5.10 Å². The smallest absolute Gasteiger partial charge is 0.129 e. The molecule has 0 radical (unpaired) electrons. The number of methoxy groups -OCH3 is 1. The summed E-state index contributed by atoms with van der Waals surface area (Å²) < 4.78 is 20.3. The van der Waals surface area contributed by atoms with Gasteiger partial charge in [0, 0.05) is 42.5 Å². The minimum absolute atomic E-state index is 0.312. The van der Waals surface area contributed by atoms with Crippen LogP contribution in [-0.4, -0.2) is 30.0 Å². The van der Waals surface area contributed by atoms with Crippen LogP contribution in [0.1, 0.15) is 11.1 Å². The van der Waals surface area contributed by atoms with Crippen molar-refractivity contribution in [3.8, 4) is 0 Å². The minimum atomic E-state index is -0.312. The third-order valence-corrected chi connectivity index (χ3v) is 3.08. The number of rotatable bonds is 7. The Balaban J connectivity index is 1.92. The van der Waals surface area contributed by atoms with Gasteiger partial charge in [-0.3, -0.25) is 4.68 Å². The molecule has 0 spiro atoms. The highest BCUT2D eigenvalue weighted by molar-refractivity contribution is 6.30. The molecule has 0 fully saturated rings. The maximum absolute atomic E-state index is 13.7. The van der Waals surface area contributed by atoms with Crippen LogP contribution in [0.15, 0.2) is 30.6 Å². The Kier molecular flexibility index (Phi) is 5.52. The van der Waals surface area contributed by atoms with Gasteiger partial charge in [-0.25, -0.2) is 4.39 Å². The molecule has 0 atom stereocenters. The molecule has 0 saturated heterocycles. The van der Waals surface area contributed by atoms with Gasteiger partial charge >= 0.3 is 0 Å². The van der Waals surface area contributed by atoms with Crippen molar-refractivity contribution in [3.63, 3.8) is 0 Å². The van der Waals surface area contributed by atoms with Crippen LogP contribution in [0.2, 0.25) is 5.02 Å². The fourth-order valence-electron chi connectivity index (χ4n) is 1.82. The highest BCUT2D eigenvalue weighted by Gasteiger charge is 2.05. The Hall–Kier alpha value is -1.43. The van der Waals surface area contributed by atoms with E-state index in [1.807, 2.05) is 6.20 Å². The Bertz CT molecular complexity index is 559. The van der Waals surface area contributed by atoms with E-state index in [0.717, 1.165) is 12.1 Å². The lowest BCUT2D eigenvalue weighted by atomic mass is 10.2. The van der Waals surface area contributed by atoms with E-state index in [1.165, 1.54) is 6.07 Å². The van der Waals surface area contributed by atoms with Crippen LogP contribution in [0.25, 0.3) is 0 Å². The molecule has 0 aliphatic rings. The Labute approximate surface area is 122 Å². The van der Waals surface area contributed by atoms with Crippen molar-refractivity contribution in [1.82, 2.24) is 15.1 Å². The van der Waals surface area contributed by atoms with Crippen molar-refractivity contribution in [2.24, 2.45) is 0 Å². The molecule has 0 unspecified atom stereocenters. The van der Waals surface area contributed by atoms with Gasteiger partial charge in [-0.1, -0.05) is 17.7 Å². The summed E-state index contributed by atoms with van der Waals surface area (Å²) in [5.74, 6) is -0.312. The number of ether oxygens (including phenoxy) is 1. The zero-order chi connectivity index (χ0) is 14.4. The Morgan fingerprint density at radius 2 is 2.30 bits per heavy atom. The second kappa shape index (κ2) is 7.38. The number of halogens is 2. The summed E-state index contributed by atoms with van der Waals surface area (Å²) in [6.07, 6.45) is 3.67. The maximum Gasteiger partial charge on any atom is 0.129 e. The lowest BCUT2D eigenvalue weighted by Gasteiger charge is -2.04. The number of benzene rings is 1. The highest BCUT2D eigenvalue weighted by Crippen LogP contribution is 2.15. The van der Waals surface area contributed by atoms with Crippen LogP contribution in [0.5, 0.6) is 0 Å². The monoisotopic (exact) mass is 297 g/mol. The van der Waals surface area contributed by atoms with Crippen molar-refractivity contribution >= 4 is 11.6 Å². The van der Waals surface area contributed by atoms with E-state index in [1.54, 1.807) is 30.1 Å². The Morgan fingerprint density at radius 3 is 3.05 bits per heavy atom. The maximum atomic E-state index is 13.7. The molecule has 1 heterocycles. The summed E-state index contributed by atoms with van der Waals surface area (Å²) in [5.41, 5.74) is 1.62. The third kappa shape index (κ3) is 4.30. The van der Waals surface area contributed by atoms with Crippen LogP contribution in [0, 0.1) is 5.82 Å². The number of nitrogens with one attached hydrogen (secondary N) is 1. The van der Waals surface area contributed by atoms with Gasteiger partial charge in [-0.05, 0) is 12.1 Å². The third-order valence-electron chi connectivity index (χ3n) is 2.85. The van der Waals surface area contributed by atoms with E-state index in [0.29, 0.717) is 30.3 Å². The van der Waals surface area contributed by atoms with Gasteiger partial charge in [0.05, 0.1) is 19.3 Å². The summed E-state index contributed by atoms with van der Waals surface area (Å²) >= 11 is 5.73. The predicted molar refractivity (Wildman–Crippen MR) is 76.3 cm³/mol. The second-order valence-corrected chi connectivity index (χ2v) is 4.89. The topological polar surface area (TPSA) is 39.1 Å². The van der Waals surface area contributed by atoms with E-state index >= 15 is 0 Å². The van der Waals surface area contributed by atoms with Gasteiger partial charge in [0.15, 0.2) is 0 Å². The predicted octanol–water partition coefficient (Wildman–Crippen LogP) is 2.46. The molecule has 2 rings (SSSR count). The summed E-state index contributed by atoms with van der Waals surface area (Å²) in [6, 6.07) is 4.67. The van der Waals surface area contributed by atoms with Crippen LogP contribution < -0.4 is 5.32 Å². The SMILES string of the molecule is COCCNCc1cnn(Cc2ccc(Cl)cc2F)c1. The molecule has 1 N–H and O–H groups in total. The van der Waals surface area contributed by atoms with Crippen LogP contribution in [0.4, 0.5) is 4.39 Å². The normalized spacial score (nSPS) is 10.9. The van der Waals surface area contributed by atoms with Crippen molar-refractivity contribution in [1.29, 1.82) is 0 Å². The average molecular weight is 298 g/mol. The van der Waals surface area contributed by atoms with Gasteiger partial charge in [0.25, 0.3) is 0 Å². The van der Waals surface area contributed by atoms with Gasteiger partial charge in [-0.15, -0.1) is 0 Å². The molecule has 6 heteroatoms. The molecule has 4 nitrogen and oxygen atoms in total. The first-order valence-corrected chi connectivity index (χ1v) is 6.72. The molecular formula is C14H17ClFN3O. The van der Waals surface area contributed by atoms with Crippen LogP contribution in [0.3, 0.4) is 0 Å². The molecular weight excluding hydrogens is 281 g/mol. The zero-order valence-electron chi connectivity index (χ0n) is 11.3. The minimum Gasteiger partial charge on any atom is -0.383 e. The van der Waals surface area contributed by atoms with Crippen LogP contribution in [-0.2, 0) is 17.8 Å². The molecule has 20 heavy (non-hydrogen) atoms. The zero-order valence-corrected chi connectivity index (χ0v) is 12.0. The molecule has 0 aliphatic heterocycles. The molecule has 0 aliphatic carbocycles.